The van der Waals surface area contributed by atoms with Crippen LogP contribution in [0, 0.1) is 13.8 Å². The van der Waals surface area contributed by atoms with Gasteiger partial charge < -0.3 is 23.5 Å². The minimum absolute atomic E-state index is 0.0510. The third-order valence-corrected chi connectivity index (χ3v) is 5.73. The highest BCUT2D eigenvalue weighted by atomic mass is 16.5. The molecule has 7 nitrogen and oxygen atoms in total. The van der Waals surface area contributed by atoms with Gasteiger partial charge in [0, 0.05) is 6.54 Å². The Labute approximate surface area is 185 Å². The zero-order valence-corrected chi connectivity index (χ0v) is 18.8. The first-order valence-corrected chi connectivity index (χ1v) is 10.2. The number of methoxy groups -OCH3 is 3. The normalized spacial score (nSPS) is 15.1. The molecule has 0 radical (unpaired) electrons. The summed E-state index contributed by atoms with van der Waals surface area (Å²) >= 11 is 0. The Hall–Kier alpha value is -3.74. The Kier molecular flexibility index (Phi) is 5.42. The Balaban J connectivity index is 2.06. The Morgan fingerprint density at radius 1 is 1.03 bits per heavy atom. The van der Waals surface area contributed by atoms with Crippen LogP contribution >= 0.6 is 0 Å². The first kappa shape index (κ1) is 21.5. The van der Waals surface area contributed by atoms with Gasteiger partial charge in [0.1, 0.15) is 5.58 Å². The van der Waals surface area contributed by atoms with E-state index < -0.39 is 6.04 Å². The number of amides is 1. The number of hydrogen-bond donors (Lipinski definition) is 0. The largest absolute Gasteiger partial charge is 0.493 e. The topological polar surface area (TPSA) is 78.2 Å². The summed E-state index contributed by atoms with van der Waals surface area (Å²) in [5.74, 6) is 0.972. The molecule has 0 bridgehead atoms. The molecule has 2 heterocycles. The average molecular weight is 435 g/mol. The summed E-state index contributed by atoms with van der Waals surface area (Å²) in [7, 11) is 4.55. The Bertz CT molecular complexity index is 1280. The van der Waals surface area contributed by atoms with Gasteiger partial charge >= 0.3 is 0 Å². The van der Waals surface area contributed by atoms with E-state index in [9.17, 15) is 9.59 Å². The average Bonchev–Trinajstić information content (AvgIpc) is 3.06. The molecule has 4 rings (SSSR count). The van der Waals surface area contributed by atoms with E-state index in [1.807, 2.05) is 19.9 Å². The predicted octanol–water partition coefficient (Wildman–Crippen LogP) is 4.17. The summed E-state index contributed by atoms with van der Waals surface area (Å²) in [6.45, 7) is 7.79. The zero-order valence-electron chi connectivity index (χ0n) is 18.8. The molecule has 0 aliphatic carbocycles. The molecule has 7 heteroatoms. The van der Waals surface area contributed by atoms with Crippen molar-refractivity contribution in [3.05, 3.63) is 75.2 Å². The van der Waals surface area contributed by atoms with Crippen molar-refractivity contribution in [1.82, 2.24) is 4.90 Å². The molecular weight excluding hydrogens is 410 g/mol. The van der Waals surface area contributed by atoms with Crippen molar-refractivity contribution in [2.24, 2.45) is 0 Å². The van der Waals surface area contributed by atoms with Crippen LogP contribution in [0.1, 0.15) is 38.9 Å². The van der Waals surface area contributed by atoms with Crippen LogP contribution in [0.25, 0.3) is 11.0 Å². The first-order valence-electron chi connectivity index (χ1n) is 10.2. The van der Waals surface area contributed by atoms with Crippen LogP contribution in [-0.4, -0.2) is 38.7 Å². The highest BCUT2D eigenvalue weighted by Gasteiger charge is 2.43. The molecule has 1 atom stereocenters. The molecule has 1 aliphatic rings. The second kappa shape index (κ2) is 8.07. The van der Waals surface area contributed by atoms with Gasteiger partial charge in [0.05, 0.1) is 38.3 Å². The lowest BCUT2D eigenvalue weighted by Gasteiger charge is -2.25. The second-order valence-corrected chi connectivity index (χ2v) is 7.74. The van der Waals surface area contributed by atoms with Crippen LogP contribution in [0.5, 0.6) is 17.2 Å². The highest BCUT2D eigenvalue weighted by Crippen LogP contribution is 2.45. The van der Waals surface area contributed by atoms with E-state index in [0.717, 1.165) is 11.1 Å². The maximum atomic E-state index is 13.7. The van der Waals surface area contributed by atoms with E-state index in [4.69, 9.17) is 18.6 Å². The van der Waals surface area contributed by atoms with Gasteiger partial charge in [-0.25, -0.2) is 0 Å². The van der Waals surface area contributed by atoms with E-state index in [-0.39, 0.29) is 23.6 Å². The number of hydrogen-bond acceptors (Lipinski definition) is 6. The molecule has 0 spiro atoms. The summed E-state index contributed by atoms with van der Waals surface area (Å²) in [6, 6.07) is 6.52. The van der Waals surface area contributed by atoms with Crippen LogP contribution in [-0.2, 0) is 0 Å². The summed E-state index contributed by atoms with van der Waals surface area (Å²) < 4.78 is 22.5. The number of ether oxygens (including phenoxy) is 3. The fourth-order valence-electron chi connectivity index (χ4n) is 4.41. The van der Waals surface area contributed by atoms with Crippen LogP contribution in [0.3, 0.4) is 0 Å². The summed E-state index contributed by atoms with van der Waals surface area (Å²) in [5, 5.41) is 0.451. The monoisotopic (exact) mass is 435 g/mol. The SMILES string of the molecule is C=CCN1C(=O)c2oc3c(C)cc(C)cc3c(=O)c2C1c1cc(OC)c(OC)c(OC)c1. The van der Waals surface area contributed by atoms with Crippen molar-refractivity contribution in [2.45, 2.75) is 19.9 Å². The van der Waals surface area contributed by atoms with Gasteiger partial charge in [0.2, 0.25) is 11.5 Å². The number of rotatable bonds is 6. The van der Waals surface area contributed by atoms with Crippen molar-refractivity contribution in [3.63, 3.8) is 0 Å². The lowest BCUT2D eigenvalue weighted by molar-refractivity contribution is 0.0748. The maximum absolute atomic E-state index is 13.7. The quantitative estimate of drug-likeness (QED) is 0.541. The van der Waals surface area contributed by atoms with Crippen molar-refractivity contribution in [3.8, 4) is 17.2 Å². The van der Waals surface area contributed by atoms with Gasteiger partial charge in [0.25, 0.3) is 5.91 Å². The third kappa shape index (κ3) is 3.12. The van der Waals surface area contributed by atoms with Gasteiger partial charge in [-0.05, 0) is 48.7 Å². The molecule has 0 N–H and O–H groups in total. The van der Waals surface area contributed by atoms with Gasteiger partial charge in [0.15, 0.2) is 16.9 Å². The van der Waals surface area contributed by atoms with Crippen LogP contribution < -0.4 is 19.6 Å². The van der Waals surface area contributed by atoms with E-state index in [2.05, 4.69) is 6.58 Å². The molecular formula is C25H25NO6. The first-order chi connectivity index (χ1) is 15.4. The summed E-state index contributed by atoms with van der Waals surface area (Å²) in [5.41, 5.74) is 2.88. The number of carbonyl (C=O) groups is 1. The van der Waals surface area contributed by atoms with Crippen molar-refractivity contribution < 1.29 is 23.4 Å². The molecule has 1 aliphatic heterocycles. The number of nitrogens with zero attached hydrogens (tertiary/aromatic N) is 1. The zero-order chi connectivity index (χ0) is 23.2. The number of benzene rings is 2. The number of carbonyl (C=O) groups excluding carboxylic acids is 1. The van der Waals surface area contributed by atoms with E-state index in [1.54, 1.807) is 29.2 Å². The molecule has 1 unspecified atom stereocenters. The van der Waals surface area contributed by atoms with Crippen LogP contribution in [0.4, 0.5) is 0 Å². The Morgan fingerprint density at radius 2 is 1.69 bits per heavy atom. The number of fused-ring (bicyclic) bond motifs is 2. The lowest BCUT2D eigenvalue weighted by Crippen LogP contribution is -2.29. The maximum Gasteiger partial charge on any atom is 0.291 e. The third-order valence-electron chi connectivity index (χ3n) is 5.73. The molecule has 0 saturated heterocycles. The minimum atomic E-state index is -0.689. The van der Waals surface area contributed by atoms with Gasteiger partial charge in [-0.15, -0.1) is 6.58 Å². The van der Waals surface area contributed by atoms with Gasteiger partial charge in [-0.2, -0.15) is 0 Å². The van der Waals surface area contributed by atoms with E-state index in [1.165, 1.54) is 21.3 Å². The van der Waals surface area contributed by atoms with Crippen molar-refractivity contribution >= 4 is 16.9 Å². The lowest BCUT2D eigenvalue weighted by atomic mass is 9.96. The fourth-order valence-corrected chi connectivity index (χ4v) is 4.41. The van der Waals surface area contributed by atoms with Crippen molar-refractivity contribution in [1.29, 1.82) is 0 Å². The second-order valence-electron chi connectivity index (χ2n) is 7.74. The van der Waals surface area contributed by atoms with E-state index in [0.29, 0.717) is 39.3 Å². The fraction of sp³-hybridized carbons (Fsp3) is 0.280. The molecule has 0 saturated carbocycles. The van der Waals surface area contributed by atoms with Gasteiger partial charge in [-0.1, -0.05) is 12.1 Å². The van der Waals surface area contributed by atoms with Crippen LogP contribution in [0.2, 0.25) is 0 Å². The van der Waals surface area contributed by atoms with E-state index >= 15 is 0 Å². The molecule has 166 valence electrons. The predicted molar refractivity (Wildman–Crippen MR) is 121 cm³/mol. The minimum Gasteiger partial charge on any atom is -0.493 e. The Morgan fingerprint density at radius 3 is 2.25 bits per heavy atom. The summed E-state index contributed by atoms with van der Waals surface area (Å²) in [4.78, 5) is 28.6. The van der Waals surface area contributed by atoms with Crippen LogP contribution in [0.15, 0.2) is 46.1 Å². The standard InChI is InChI=1S/C25H25NO6/c1-7-8-26-20(15-11-17(29-4)23(31-6)18(12-15)30-5)19-21(27)16-10-13(2)9-14(3)22(16)32-24(19)25(26)28/h7,9-12,20H,1,8H2,2-6H3. The molecule has 1 aromatic heterocycles. The highest BCUT2D eigenvalue weighted by molar-refractivity contribution is 5.99. The molecule has 0 fully saturated rings. The molecule has 1 amide bonds. The summed E-state index contributed by atoms with van der Waals surface area (Å²) in [6.07, 6.45) is 1.62. The number of aryl methyl sites for hydroxylation is 2. The van der Waals surface area contributed by atoms with Crippen molar-refractivity contribution in [2.75, 3.05) is 27.9 Å². The smallest absolute Gasteiger partial charge is 0.291 e. The molecule has 32 heavy (non-hydrogen) atoms. The molecule has 3 aromatic rings. The molecule has 2 aromatic carbocycles. The van der Waals surface area contributed by atoms with Gasteiger partial charge in [-0.3, -0.25) is 9.59 Å².